The number of pyridine rings is 1. The fourth-order valence-electron chi connectivity index (χ4n) is 2.72. The number of aryl methyl sites for hydroxylation is 1. The Bertz CT molecular complexity index is 871. The lowest BCUT2D eigenvalue weighted by molar-refractivity contribution is -0.384. The Kier molecular flexibility index (Phi) is 4.41. The molecule has 24 heavy (non-hydrogen) atoms. The number of nitro groups is 1. The van der Waals surface area contributed by atoms with Crippen molar-refractivity contribution in [1.82, 2.24) is 14.5 Å². The van der Waals surface area contributed by atoms with Crippen LogP contribution in [0.15, 0.2) is 36.5 Å². The van der Waals surface area contributed by atoms with Gasteiger partial charge in [-0.3, -0.25) is 10.1 Å². The van der Waals surface area contributed by atoms with Gasteiger partial charge in [0.2, 0.25) is 0 Å². The van der Waals surface area contributed by atoms with Crippen LogP contribution in [-0.4, -0.2) is 19.5 Å². The first-order valence-electron chi connectivity index (χ1n) is 7.97. The van der Waals surface area contributed by atoms with Crippen molar-refractivity contribution < 1.29 is 4.92 Å². The molecule has 0 atom stereocenters. The third-order valence-corrected chi connectivity index (χ3v) is 3.99. The van der Waals surface area contributed by atoms with Crippen LogP contribution in [-0.2, 0) is 6.54 Å². The zero-order chi connectivity index (χ0) is 17.1. The van der Waals surface area contributed by atoms with Crippen LogP contribution in [0.1, 0.15) is 26.2 Å². The summed E-state index contributed by atoms with van der Waals surface area (Å²) in [7, 11) is 0. The number of hydrogen-bond donors (Lipinski definition) is 1. The number of nitrogens with two attached hydrogens (primary N) is 1. The first-order chi connectivity index (χ1) is 11.6. The summed E-state index contributed by atoms with van der Waals surface area (Å²) in [6, 6.07) is 8.13. The summed E-state index contributed by atoms with van der Waals surface area (Å²) in [5, 5.41) is 10.8. The van der Waals surface area contributed by atoms with Crippen LogP contribution < -0.4 is 5.73 Å². The fourth-order valence-corrected chi connectivity index (χ4v) is 2.72. The third kappa shape index (κ3) is 2.92. The van der Waals surface area contributed by atoms with Crippen molar-refractivity contribution in [2.75, 3.05) is 5.73 Å². The number of unbranched alkanes of at least 4 members (excludes halogenated alkanes) is 2. The Morgan fingerprint density at radius 3 is 2.62 bits per heavy atom. The van der Waals surface area contributed by atoms with E-state index in [1.54, 1.807) is 24.4 Å². The predicted molar refractivity (Wildman–Crippen MR) is 93.6 cm³/mol. The molecule has 7 heteroatoms. The molecule has 1 aromatic carbocycles. The van der Waals surface area contributed by atoms with Crippen LogP contribution >= 0.6 is 0 Å². The molecule has 2 N–H and O–H groups in total. The molecule has 2 heterocycles. The molecule has 0 bridgehead atoms. The lowest BCUT2D eigenvalue weighted by atomic mass is 10.2. The highest BCUT2D eigenvalue weighted by atomic mass is 16.6. The van der Waals surface area contributed by atoms with Gasteiger partial charge in [0.15, 0.2) is 5.65 Å². The molecule has 0 unspecified atom stereocenters. The van der Waals surface area contributed by atoms with E-state index in [0.717, 1.165) is 42.8 Å². The molecule has 0 saturated heterocycles. The molecule has 0 fully saturated rings. The second-order valence-electron chi connectivity index (χ2n) is 5.67. The van der Waals surface area contributed by atoms with E-state index in [9.17, 15) is 10.1 Å². The lowest BCUT2D eigenvalue weighted by Crippen LogP contribution is -2.02. The molecule has 0 aliphatic heterocycles. The summed E-state index contributed by atoms with van der Waals surface area (Å²) in [6.45, 7) is 2.94. The van der Waals surface area contributed by atoms with Crippen LogP contribution in [0.3, 0.4) is 0 Å². The number of nitro benzene ring substituents is 1. The summed E-state index contributed by atoms with van der Waals surface area (Å²) in [6.07, 6.45) is 4.92. The van der Waals surface area contributed by atoms with Crippen LogP contribution in [0.5, 0.6) is 0 Å². The van der Waals surface area contributed by atoms with Crippen molar-refractivity contribution in [1.29, 1.82) is 0 Å². The van der Waals surface area contributed by atoms with Gasteiger partial charge < -0.3 is 10.3 Å². The Labute approximate surface area is 139 Å². The number of non-ortho nitro benzene ring substituents is 1. The van der Waals surface area contributed by atoms with Gasteiger partial charge in [0.05, 0.1) is 10.6 Å². The summed E-state index contributed by atoms with van der Waals surface area (Å²) in [5.74, 6) is 0.737. The second kappa shape index (κ2) is 6.66. The van der Waals surface area contributed by atoms with Gasteiger partial charge >= 0.3 is 0 Å². The molecular weight excluding hydrogens is 306 g/mol. The van der Waals surface area contributed by atoms with Gasteiger partial charge in [0.25, 0.3) is 5.69 Å². The Hall–Kier alpha value is -2.96. The minimum atomic E-state index is -0.409. The molecule has 124 valence electrons. The molecule has 0 amide bonds. The monoisotopic (exact) mass is 325 g/mol. The maximum atomic E-state index is 10.8. The maximum absolute atomic E-state index is 10.8. The molecule has 0 spiro atoms. The second-order valence-corrected chi connectivity index (χ2v) is 5.67. The molecule has 0 aliphatic carbocycles. The van der Waals surface area contributed by atoms with Gasteiger partial charge in [-0.05, 0) is 24.6 Å². The van der Waals surface area contributed by atoms with Crippen LogP contribution in [0.4, 0.5) is 11.4 Å². The van der Waals surface area contributed by atoms with Crippen LogP contribution in [0.25, 0.3) is 22.6 Å². The van der Waals surface area contributed by atoms with Crippen molar-refractivity contribution in [3.05, 3.63) is 46.6 Å². The molecule has 3 rings (SSSR count). The van der Waals surface area contributed by atoms with Crippen LogP contribution in [0.2, 0.25) is 0 Å². The first kappa shape index (κ1) is 15.9. The number of nitrogen functional groups attached to an aromatic ring is 1. The van der Waals surface area contributed by atoms with E-state index in [1.807, 2.05) is 4.57 Å². The number of fused-ring (bicyclic) bond motifs is 1. The number of anilines is 1. The number of nitrogens with zero attached hydrogens (tertiary/aromatic N) is 4. The Morgan fingerprint density at radius 1 is 1.21 bits per heavy atom. The third-order valence-electron chi connectivity index (χ3n) is 3.99. The average Bonchev–Trinajstić information content (AvgIpc) is 2.95. The molecule has 3 aromatic rings. The summed E-state index contributed by atoms with van der Waals surface area (Å²) >= 11 is 0. The first-order valence-corrected chi connectivity index (χ1v) is 7.97. The summed E-state index contributed by atoms with van der Waals surface area (Å²) in [4.78, 5) is 19.5. The van der Waals surface area contributed by atoms with E-state index in [0.29, 0.717) is 11.2 Å². The molecule has 7 nitrogen and oxygen atoms in total. The SMILES string of the molecule is CCCCCn1c(-c2ccc([N+](=O)[O-])cc2)nc2c(N)ccnc21. The normalized spacial score (nSPS) is 11.0. The highest BCUT2D eigenvalue weighted by Crippen LogP contribution is 2.28. The highest BCUT2D eigenvalue weighted by molar-refractivity contribution is 5.87. The molecule has 0 radical (unpaired) electrons. The van der Waals surface area contributed by atoms with Gasteiger partial charge in [0, 0.05) is 30.4 Å². The van der Waals surface area contributed by atoms with Crippen molar-refractivity contribution in [3.63, 3.8) is 0 Å². The highest BCUT2D eigenvalue weighted by Gasteiger charge is 2.16. The summed E-state index contributed by atoms with van der Waals surface area (Å²) in [5.41, 5.74) is 8.90. The quantitative estimate of drug-likeness (QED) is 0.422. The van der Waals surface area contributed by atoms with Gasteiger partial charge in [0.1, 0.15) is 11.3 Å². The van der Waals surface area contributed by atoms with Crippen molar-refractivity contribution in [2.45, 2.75) is 32.7 Å². The van der Waals surface area contributed by atoms with Gasteiger partial charge in [-0.2, -0.15) is 0 Å². The number of benzene rings is 1. The average molecular weight is 325 g/mol. The topological polar surface area (TPSA) is 99.9 Å². The van der Waals surface area contributed by atoms with E-state index < -0.39 is 4.92 Å². The smallest absolute Gasteiger partial charge is 0.269 e. The summed E-state index contributed by atoms with van der Waals surface area (Å²) < 4.78 is 2.04. The number of hydrogen-bond acceptors (Lipinski definition) is 5. The van der Waals surface area contributed by atoms with Gasteiger partial charge in [-0.25, -0.2) is 9.97 Å². The lowest BCUT2D eigenvalue weighted by Gasteiger charge is -2.08. The standard InChI is InChI=1S/C17H19N5O2/c1-2-3-4-11-21-16(12-5-7-13(8-6-12)22(23)24)20-15-14(18)9-10-19-17(15)21/h5-10H,2-4,11H2,1H3,(H2,18,19). The van der Waals surface area contributed by atoms with Crippen molar-refractivity contribution >= 4 is 22.5 Å². The number of imidazole rings is 1. The van der Waals surface area contributed by atoms with E-state index in [-0.39, 0.29) is 5.69 Å². The minimum Gasteiger partial charge on any atom is -0.397 e. The van der Waals surface area contributed by atoms with Gasteiger partial charge in [-0.1, -0.05) is 19.8 Å². The molecule has 2 aromatic heterocycles. The number of aromatic nitrogens is 3. The molecular formula is C17H19N5O2. The van der Waals surface area contributed by atoms with Crippen molar-refractivity contribution in [3.8, 4) is 11.4 Å². The number of rotatable bonds is 6. The zero-order valence-corrected chi connectivity index (χ0v) is 13.5. The maximum Gasteiger partial charge on any atom is 0.269 e. The minimum absolute atomic E-state index is 0.0602. The van der Waals surface area contributed by atoms with Crippen LogP contribution in [0, 0.1) is 10.1 Å². The predicted octanol–water partition coefficient (Wildman–Crippen LogP) is 3.78. The molecule has 0 saturated carbocycles. The zero-order valence-electron chi connectivity index (χ0n) is 13.5. The van der Waals surface area contributed by atoms with Crippen molar-refractivity contribution in [2.24, 2.45) is 0 Å². The molecule has 0 aliphatic rings. The fraction of sp³-hybridized carbons (Fsp3) is 0.294. The van der Waals surface area contributed by atoms with E-state index >= 15 is 0 Å². The Balaban J connectivity index is 2.09. The largest absolute Gasteiger partial charge is 0.397 e. The van der Waals surface area contributed by atoms with E-state index in [2.05, 4.69) is 16.9 Å². The van der Waals surface area contributed by atoms with Gasteiger partial charge in [-0.15, -0.1) is 0 Å². The van der Waals surface area contributed by atoms with E-state index in [4.69, 9.17) is 5.73 Å². The Morgan fingerprint density at radius 2 is 1.96 bits per heavy atom. The van der Waals surface area contributed by atoms with E-state index in [1.165, 1.54) is 12.1 Å².